The standard InChI is InChI=1S/C21H24N2O2/c1-3-23(4-2)18(14-20(22)24)17-12-8-11-16-13-19(25-21(16)17)15-9-6-5-7-10-15/h5-13,18H,3-4,14H2,1-2H3,(H2,22,24). The highest BCUT2D eigenvalue weighted by molar-refractivity contribution is 5.86. The van der Waals surface area contributed by atoms with Gasteiger partial charge in [-0.05, 0) is 19.2 Å². The molecule has 0 saturated heterocycles. The number of fused-ring (bicyclic) bond motifs is 1. The Kier molecular flexibility index (Phi) is 5.19. The van der Waals surface area contributed by atoms with Gasteiger partial charge in [0.15, 0.2) is 0 Å². The number of benzene rings is 2. The second-order valence-electron chi connectivity index (χ2n) is 6.15. The summed E-state index contributed by atoms with van der Waals surface area (Å²) in [6.45, 7) is 5.87. The number of hydrogen-bond acceptors (Lipinski definition) is 3. The molecule has 1 aromatic heterocycles. The van der Waals surface area contributed by atoms with Crippen LogP contribution in [-0.2, 0) is 4.79 Å². The lowest BCUT2D eigenvalue weighted by atomic mass is 9.99. The summed E-state index contributed by atoms with van der Waals surface area (Å²) >= 11 is 0. The minimum absolute atomic E-state index is 0.0778. The summed E-state index contributed by atoms with van der Waals surface area (Å²) in [5.41, 5.74) is 8.41. The van der Waals surface area contributed by atoms with Gasteiger partial charge in [-0.2, -0.15) is 0 Å². The lowest BCUT2D eigenvalue weighted by Crippen LogP contribution is -2.32. The molecule has 25 heavy (non-hydrogen) atoms. The van der Waals surface area contributed by atoms with Crippen molar-refractivity contribution < 1.29 is 9.21 Å². The van der Waals surface area contributed by atoms with E-state index < -0.39 is 0 Å². The summed E-state index contributed by atoms with van der Waals surface area (Å²) in [6, 6.07) is 18.1. The van der Waals surface area contributed by atoms with Crippen molar-refractivity contribution in [1.82, 2.24) is 4.90 Å². The maximum atomic E-state index is 11.6. The molecular formula is C21H24N2O2. The van der Waals surface area contributed by atoms with Gasteiger partial charge in [0.2, 0.25) is 5.91 Å². The third-order valence-electron chi connectivity index (χ3n) is 4.64. The van der Waals surface area contributed by atoms with Crippen molar-refractivity contribution in [3.8, 4) is 11.3 Å². The number of nitrogens with two attached hydrogens (primary N) is 1. The van der Waals surface area contributed by atoms with Crippen molar-refractivity contribution >= 4 is 16.9 Å². The molecule has 4 nitrogen and oxygen atoms in total. The van der Waals surface area contributed by atoms with Crippen LogP contribution in [0.4, 0.5) is 0 Å². The summed E-state index contributed by atoms with van der Waals surface area (Å²) in [5, 5.41) is 1.04. The summed E-state index contributed by atoms with van der Waals surface area (Å²) in [7, 11) is 0. The van der Waals surface area contributed by atoms with Crippen molar-refractivity contribution in [3.63, 3.8) is 0 Å². The van der Waals surface area contributed by atoms with Gasteiger partial charge < -0.3 is 10.2 Å². The fourth-order valence-electron chi connectivity index (χ4n) is 3.38. The van der Waals surface area contributed by atoms with Gasteiger partial charge in [-0.25, -0.2) is 0 Å². The van der Waals surface area contributed by atoms with Crippen molar-refractivity contribution in [1.29, 1.82) is 0 Å². The van der Waals surface area contributed by atoms with Crippen LogP contribution in [0.1, 0.15) is 31.9 Å². The molecule has 1 amide bonds. The van der Waals surface area contributed by atoms with Gasteiger partial charge >= 0.3 is 0 Å². The summed E-state index contributed by atoms with van der Waals surface area (Å²) in [5.74, 6) is 0.532. The van der Waals surface area contributed by atoms with Gasteiger partial charge in [0.25, 0.3) is 0 Å². The van der Waals surface area contributed by atoms with Gasteiger partial charge in [0, 0.05) is 29.0 Å². The molecule has 0 fully saturated rings. The van der Waals surface area contributed by atoms with E-state index in [9.17, 15) is 4.79 Å². The van der Waals surface area contributed by atoms with Crippen molar-refractivity contribution in [3.05, 3.63) is 60.2 Å². The average molecular weight is 336 g/mol. The maximum Gasteiger partial charge on any atom is 0.219 e. The number of para-hydroxylation sites is 1. The molecule has 0 saturated carbocycles. The van der Waals surface area contributed by atoms with E-state index in [2.05, 4.69) is 24.8 Å². The molecule has 0 aliphatic carbocycles. The molecule has 0 bridgehead atoms. The van der Waals surface area contributed by atoms with Gasteiger partial charge in [-0.15, -0.1) is 0 Å². The van der Waals surface area contributed by atoms with Gasteiger partial charge in [-0.3, -0.25) is 9.69 Å². The summed E-state index contributed by atoms with van der Waals surface area (Å²) < 4.78 is 6.21. The van der Waals surface area contributed by atoms with E-state index in [0.717, 1.165) is 40.9 Å². The second-order valence-corrected chi connectivity index (χ2v) is 6.15. The molecule has 0 aliphatic rings. The van der Waals surface area contributed by atoms with Crippen molar-refractivity contribution in [2.24, 2.45) is 5.73 Å². The Morgan fingerprint density at radius 1 is 1.08 bits per heavy atom. The highest BCUT2D eigenvalue weighted by Gasteiger charge is 2.24. The van der Waals surface area contributed by atoms with Crippen molar-refractivity contribution in [2.75, 3.05) is 13.1 Å². The highest BCUT2D eigenvalue weighted by atomic mass is 16.3. The number of carbonyl (C=O) groups excluding carboxylic acids is 1. The van der Waals surface area contributed by atoms with Crippen LogP contribution in [0.15, 0.2) is 59.0 Å². The van der Waals surface area contributed by atoms with E-state index in [0.29, 0.717) is 0 Å². The molecule has 0 spiro atoms. The minimum atomic E-state index is -0.302. The molecular weight excluding hydrogens is 312 g/mol. The average Bonchev–Trinajstić information content (AvgIpc) is 3.06. The van der Waals surface area contributed by atoms with E-state index >= 15 is 0 Å². The molecule has 3 rings (SSSR count). The molecule has 1 heterocycles. The van der Waals surface area contributed by atoms with Crippen LogP contribution < -0.4 is 5.73 Å². The van der Waals surface area contributed by atoms with Crippen LogP contribution in [0.25, 0.3) is 22.3 Å². The quantitative estimate of drug-likeness (QED) is 0.697. The predicted molar refractivity (Wildman–Crippen MR) is 101 cm³/mol. The van der Waals surface area contributed by atoms with Crippen LogP contribution in [0.2, 0.25) is 0 Å². The second kappa shape index (κ2) is 7.53. The molecule has 0 radical (unpaired) electrons. The SMILES string of the molecule is CCN(CC)C(CC(N)=O)c1cccc2cc(-c3ccccc3)oc12. The Labute approximate surface area is 148 Å². The van der Waals surface area contributed by atoms with Gasteiger partial charge in [0.05, 0.1) is 0 Å². The molecule has 1 unspecified atom stereocenters. The number of carbonyl (C=O) groups is 1. The van der Waals surface area contributed by atoms with E-state index in [1.54, 1.807) is 0 Å². The predicted octanol–water partition coefficient (Wildman–Crippen LogP) is 4.36. The van der Waals surface area contributed by atoms with Gasteiger partial charge in [-0.1, -0.05) is 62.4 Å². The first-order valence-corrected chi connectivity index (χ1v) is 8.74. The molecule has 4 heteroatoms. The summed E-state index contributed by atoms with van der Waals surface area (Å²) in [4.78, 5) is 13.9. The zero-order valence-electron chi connectivity index (χ0n) is 14.7. The van der Waals surface area contributed by atoms with Crippen LogP contribution in [0.3, 0.4) is 0 Å². The fourth-order valence-corrected chi connectivity index (χ4v) is 3.38. The van der Waals surface area contributed by atoms with Crippen LogP contribution in [-0.4, -0.2) is 23.9 Å². The molecule has 0 aliphatic heterocycles. The van der Waals surface area contributed by atoms with E-state index in [-0.39, 0.29) is 18.4 Å². The number of rotatable bonds is 7. The number of hydrogen-bond donors (Lipinski definition) is 1. The lowest BCUT2D eigenvalue weighted by molar-refractivity contribution is -0.119. The third-order valence-corrected chi connectivity index (χ3v) is 4.64. The fraction of sp³-hybridized carbons (Fsp3) is 0.286. The highest BCUT2D eigenvalue weighted by Crippen LogP contribution is 2.35. The molecule has 1 atom stereocenters. The zero-order valence-corrected chi connectivity index (χ0v) is 14.7. The Morgan fingerprint density at radius 2 is 1.80 bits per heavy atom. The first-order chi connectivity index (χ1) is 12.1. The minimum Gasteiger partial charge on any atom is -0.456 e. The molecule has 2 N–H and O–H groups in total. The molecule has 2 aromatic carbocycles. The smallest absolute Gasteiger partial charge is 0.219 e. The van der Waals surface area contributed by atoms with E-state index in [1.165, 1.54) is 0 Å². The number of furan rings is 1. The first-order valence-electron chi connectivity index (χ1n) is 8.74. The largest absolute Gasteiger partial charge is 0.456 e. The Morgan fingerprint density at radius 3 is 2.44 bits per heavy atom. The normalized spacial score (nSPS) is 12.6. The van der Waals surface area contributed by atoms with E-state index in [4.69, 9.17) is 10.2 Å². The first kappa shape index (κ1) is 17.2. The van der Waals surface area contributed by atoms with Crippen LogP contribution in [0, 0.1) is 0 Å². The van der Waals surface area contributed by atoms with Crippen LogP contribution >= 0.6 is 0 Å². The Hall–Kier alpha value is -2.59. The van der Waals surface area contributed by atoms with Gasteiger partial charge in [0.1, 0.15) is 11.3 Å². The van der Waals surface area contributed by atoms with E-state index in [1.807, 2.05) is 48.5 Å². The summed E-state index contributed by atoms with van der Waals surface area (Å²) in [6.07, 6.45) is 0.280. The topological polar surface area (TPSA) is 59.5 Å². The molecule has 3 aromatic rings. The van der Waals surface area contributed by atoms with Crippen molar-refractivity contribution in [2.45, 2.75) is 26.3 Å². The van der Waals surface area contributed by atoms with Crippen LogP contribution in [0.5, 0.6) is 0 Å². The number of amides is 1. The monoisotopic (exact) mass is 336 g/mol. The Bertz CT molecular complexity index is 851. The Balaban J connectivity index is 2.11. The molecule has 130 valence electrons. The maximum absolute atomic E-state index is 11.6. The third kappa shape index (κ3) is 3.59. The number of nitrogens with zero attached hydrogens (tertiary/aromatic N) is 1. The number of primary amides is 1. The zero-order chi connectivity index (χ0) is 17.8. The lowest BCUT2D eigenvalue weighted by Gasteiger charge is -2.29.